The normalized spacial score (nSPS) is 15.1. The summed E-state index contributed by atoms with van der Waals surface area (Å²) in [6.45, 7) is 20.4. The van der Waals surface area contributed by atoms with E-state index in [9.17, 15) is 19.2 Å². The minimum Gasteiger partial charge on any atom is -0.378 e. The van der Waals surface area contributed by atoms with E-state index in [1.54, 1.807) is 88.8 Å². The molecule has 0 spiro atoms. The van der Waals surface area contributed by atoms with Crippen LogP contribution in [0.5, 0.6) is 0 Å². The van der Waals surface area contributed by atoms with E-state index in [2.05, 4.69) is 260 Å². The quantitative estimate of drug-likeness (QED) is 0.0213. The molecule has 18 rings (SSSR count). The van der Waals surface area contributed by atoms with Gasteiger partial charge in [0, 0.05) is 219 Å². The standard InChI is InChI=1S/C36H42N6O3S2.C36H44N6O2S2.C31H33N5O2S2/c1-24-8-10-28(37-23-24)29(12-15-41(4)35(44)13-14-40(2)3)38-25-9-11-31-33(20-25)46-32-7-5-6-27(36(32)47-31)30-21-26(22-34(43)39-30)42-16-18-45-19-17-42;1-25-9-11-29(37-24-25)30(13-16-41(4)15-6-14-40(2)3)38-26-10-12-32-34(21-26)45-33-8-5-7-28(36(33)46-32)31-22-27(23-35(43)39-31)42-17-19-44-20-18-42;1-20-6-8-24(33-19-20)25(10-11-32-2)34-21-7-9-27-29(16-21)39-28-5-3-4-23(31(28)40-27)26-17-22(18-30(37)35-26)36-12-14-38-15-13-36/h5-11,20-23,29,38H,12-19H2,1-4H3,(H,39,43);5,7-12,21-24,30,38H,6,13-20H2,1-4H3,(H,39,43);3-9,16-19,25,32,34H,10-15H2,1-2H3,(H,35,37). The molecule has 133 heavy (non-hydrogen) atoms. The Bertz CT molecular complexity index is 6190. The minimum absolute atomic E-state index is 0.0616. The molecule has 1 amide bonds. The van der Waals surface area contributed by atoms with E-state index in [0.29, 0.717) is 52.6 Å². The molecule has 3 unspecified atom stereocenters. The van der Waals surface area contributed by atoms with Crippen molar-refractivity contribution in [3.8, 4) is 33.8 Å². The van der Waals surface area contributed by atoms with E-state index in [1.807, 2.05) is 63.5 Å². The molecule has 7 N–H and O–H groups in total. The van der Waals surface area contributed by atoms with Crippen LogP contribution in [0.1, 0.15) is 84.0 Å². The Morgan fingerprint density at radius 2 is 0.744 bits per heavy atom. The summed E-state index contributed by atoms with van der Waals surface area (Å²) in [5.74, 6) is 0.145. The summed E-state index contributed by atoms with van der Waals surface area (Å²) in [4.78, 5) is 104. The number of amides is 1. The number of fused-ring (bicyclic) bond motifs is 6. The SMILES string of the molecule is CNCCC(Nc1ccc2c(c1)Sc1cccc(-c3cc(N4CCOCC4)cc(=O)[nH]3)c1S2)c1ccc(C)cn1.Cc1ccc(C(CCN(C)C(=O)CCN(C)C)Nc2ccc3c(c2)Sc2cccc(-c4cc(N5CCOCC5)cc(=O)[nH]4)c2S3)nc1.Cc1ccc(C(CCN(C)CCCN(C)C)Nc2ccc3c(c2)Sc2cccc(-c4cc(N5CCOCC5)cc(=O)[nH]4)c2S3)nc1. The van der Waals surface area contributed by atoms with Crippen molar-refractivity contribution in [3.63, 3.8) is 0 Å². The molecule has 6 aromatic carbocycles. The highest BCUT2D eigenvalue weighted by molar-refractivity contribution is 8.06. The van der Waals surface area contributed by atoms with Crippen LogP contribution in [-0.2, 0) is 19.0 Å². The lowest BCUT2D eigenvalue weighted by Gasteiger charge is -2.29. The number of aromatic nitrogens is 6. The first-order valence-electron chi connectivity index (χ1n) is 45.7. The molecule has 694 valence electrons. The fraction of sp³-hybridized carbons (Fsp3) is 0.350. The van der Waals surface area contributed by atoms with E-state index >= 15 is 0 Å². The van der Waals surface area contributed by atoms with Gasteiger partial charge >= 0.3 is 0 Å². The van der Waals surface area contributed by atoms with Crippen LogP contribution in [-0.4, -0.2) is 223 Å². The highest BCUT2D eigenvalue weighted by Crippen LogP contribution is 2.56. The number of nitrogens with zero attached hydrogens (tertiary/aromatic N) is 10. The second-order valence-electron chi connectivity index (χ2n) is 34.8. The number of ether oxygens (including phenoxy) is 3. The van der Waals surface area contributed by atoms with Crippen LogP contribution >= 0.6 is 70.6 Å². The van der Waals surface area contributed by atoms with Crippen molar-refractivity contribution in [2.45, 2.75) is 130 Å². The number of morpholine rings is 3. The molecule has 3 atom stereocenters. The van der Waals surface area contributed by atoms with Gasteiger partial charge in [-0.2, -0.15) is 0 Å². The van der Waals surface area contributed by atoms with Crippen LogP contribution in [0.2, 0.25) is 0 Å². The maximum absolute atomic E-state index is 12.8. The van der Waals surface area contributed by atoms with E-state index < -0.39 is 0 Å². The van der Waals surface area contributed by atoms with Crippen molar-refractivity contribution in [2.24, 2.45) is 0 Å². The van der Waals surface area contributed by atoms with Crippen molar-refractivity contribution < 1.29 is 19.0 Å². The lowest BCUT2D eigenvalue weighted by Crippen LogP contribution is -2.36. The van der Waals surface area contributed by atoms with Gasteiger partial charge in [0.1, 0.15) is 0 Å². The van der Waals surface area contributed by atoms with Gasteiger partial charge in [0.2, 0.25) is 22.6 Å². The predicted octanol–water partition coefficient (Wildman–Crippen LogP) is 18.7. The lowest BCUT2D eigenvalue weighted by molar-refractivity contribution is -0.130. The van der Waals surface area contributed by atoms with Crippen molar-refractivity contribution in [1.82, 2.24) is 54.8 Å². The molecule has 12 aromatic rings. The zero-order valence-electron chi connectivity index (χ0n) is 77.3. The monoisotopic (exact) mass is 1900 g/mol. The van der Waals surface area contributed by atoms with Crippen LogP contribution in [0.15, 0.2) is 274 Å². The summed E-state index contributed by atoms with van der Waals surface area (Å²) >= 11 is 10.6. The van der Waals surface area contributed by atoms with Crippen LogP contribution in [0.4, 0.5) is 34.1 Å². The van der Waals surface area contributed by atoms with Gasteiger partial charge in [0.25, 0.3) is 0 Å². The van der Waals surface area contributed by atoms with Crippen LogP contribution < -0.4 is 52.6 Å². The summed E-state index contributed by atoms with van der Waals surface area (Å²) in [7, 11) is 14.3. The Kier molecular flexibility index (Phi) is 33.0. The first-order chi connectivity index (χ1) is 64.6. The summed E-state index contributed by atoms with van der Waals surface area (Å²) < 4.78 is 16.5. The maximum Gasteiger partial charge on any atom is 0.250 e. The van der Waals surface area contributed by atoms with Crippen LogP contribution in [0.25, 0.3) is 33.8 Å². The third kappa shape index (κ3) is 25.5. The number of hydrogen-bond acceptors (Lipinski definition) is 26. The number of aryl methyl sites for hydroxylation is 3. The van der Waals surface area contributed by atoms with Crippen molar-refractivity contribution in [1.29, 1.82) is 0 Å². The molecule has 24 nitrogen and oxygen atoms in total. The average molecular weight is 1900 g/mol. The van der Waals surface area contributed by atoms with E-state index in [1.165, 1.54) is 54.5 Å². The first-order valence-corrected chi connectivity index (χ1v) is 50.6. The van der Waals surface area contributed by atoms with Crippen LogP contribution in [0.3, 0.4) is 0 Å². The van der Waals surface area contributed by atoms with Crippen molar-refractivity contribution in [3.05, 3.63) is 265 Å². The number of carbonyl (C=O) groups excluding carboxylic acids is 1. The molecule has 6 aliphatic rings. The molecule has 0 bridgehead atoms. The predicted molar refractivity (Wildman–Crippen MR) is 546 cm³/mol. The molecule has 30 heteroatoms. The Labute approximate surface area is 805 Å². The molecular weight excluding hydrogens is 1780 g/mol. The number of H-pyrrole nitrogens is 3. The number of benzene rings is 6. The third-order valence-electron chi connectivity index (χ3n) is 24.0. The fourth-order valence-corrected chi connectivity index (χ4v) is 23.9. The smallest absolute Gasteiger partial charge is 0.250 e. The molecule has 3 saturated heterocycles. The minimum atomic E-state index is -0.104. The Morgan fingerprint density at radius 1 is 0.391 bits per heavy atom. The second kappa shape index (κ2) is 45.8. The molecule has 6 aliphatic heterocycles. The van der Waals surface area contributed by atoms with Crippen LogP contribution in [0, 0.1) is 20.8 Å². The topological polar surface area (TPSA) is 253 Å². The van der Waals surface area contributed by atoms with Crippen molar-refractivity contribution >= 4 is 111 Å². The largest absolute Gasteiger partial charge is 0.378 e. The van der Waals surface area contributed by atoms with E-state index in [-0.39, 0.29) is 40.7 Å². The number of nitrogens with one attached hydrogen (secondary N) is 7. The maximum atomic E-state index is 12.8. The highest BCUT2D eigenvalue weighted by atomic mass is 32.2. The van der Waals surface area contributed by atoms with E-state index in [4.69, 9.17) is 29.2 Å². The van der Waals surface area contributed by atoms with Gasteiger partial charge < -0.3 is 84.7 Å². The second-order valence-corrected chi connectivity index (χ2v) is 41.2. The highest BCUT2D eigenvalue weighted by Gasteiger charge is 2.30. The zero-order valence-corrected chi connectivity index (χ0v) is 82.2. The average Bonchev–Trinajstić information content (AvgIpc) is 0.774. The molecular formula is C103H119N17O7S6. The Hall–Kier alpha value is -10.3. The Balaban J connectivity index is 0.000000146. The number of anilines is 6. The molecule has 0 aliphatic carbocycles. The summed E-state index contributed by atoms with van der Waals surface area (Å²) in [6.07, 6.45) is 10.1. The molecule has 0 radical (unpaired) electrons. The lowest BCUT2D eigenvalue weighted by atomic mass is 10.1. The van der Waals surface area contributed by atoms with Gasteiger partial charge in [0.05, 0.1) is 91.9 Å². The summed E-state index contributed by atoms with van der Waals surface area (Å²) in [5, 5.41) is 14.5. The van der Waals surface area contributed by atoms with Gasteiger partial charge in [-0.1, -0.05) is 125 Å². The zero-order chi connectivity index (χ0) is 92.4. The fourth-order valence-electron chi connectivity index (χ4n) is 16.7. The van der Waals surface area contributed by atoms with Crippen molar-refractivity contribution in [2.75, 3.05) is 198 Å². The van der Waals surface area contributed by atoms with Gasteiger partial charge in [-0.05, 0) is 234 Å². The third-order valence-corrected chi connectivity index (χ3v) is 31.8. The first kappa shape index (κ1) is 95.9. The number of hydrogen-bond donors (Lipinski definition) is 7. The van der Waals surface area contributed by atoms with Gasteiger partial charge in [-0.25, -0.2) is 0 Å². The van der Waals surface area contributed by atoms with Gasteiger partial charge in [-0.15, -0.1) is 0 Å². The van der Waals surface area contributed by atoms with Gasteiger partial charge in [0.15, 0.2) is 0 Å². The van der Waals surface area contributed by atoms with Gasteiger partial charge in [-0.3, -0.25) is 34.1 Å². The number of aromatic amines is 3. The number of carbonyl (C=O) groups is 1. The molecule has 12 heterocycles. The summed E-state index contributed by atoms with van der Waals surface area (Å²) in [5.41, 5.74) is 17.9. The molecule has 6 aromatic heterocycles. The van der Waals surface area contributed by atoms with E-state index in [0.717, 1.165) is 204 Å². The molecule has 0 saturated carbocycles. The number of pyridine rings is 6. The summed E-state index contributed by atoms with van der Waals surface area (Å²) in [6, 6.07) is 62.9. The molecule has 3 fully saturated rings. The number of rotatable bonds is 31. The Morgan fingerprint density at radius 3 is 1.08 bits per heavy atom.